The molecule has 2 aromatic rings. The Bertz CT molecular complexity index is 615. The summed E-state index contributed by atoms with van der Waals surface area (Å²) in [4.78, 5) is 25.3. The summed E-state index contributed by atoms with van der Waals surface area (Å²) < 4.78 is 0. The summed E-state index contributed by atoms with van der Waals surface area (Å²) in [5, 5.41) is 18.8. The van der Waals surface area contributed by atoms with Gasteiger partial charge in [0, 0.05) is 0 Å². The van der Waals surface area contributed by atoms with E-state index in [0.717, 1.165) is 0 Å². The number of aromatic nitrogens is 4. The number of hydrogen-bond donors (Lipinski definition) is 4. The Labute approximate surface area is 107 Å². The number of rotatable bonds is 2. The Morgan fingerprint density at radius 2 is 2.06 bits per heavy atom. The molecule has 5 N–H and O–H groups in total. The molecule has 0 spiro atoms. The lowest BCUT2D eigenvalue weighted by Crippen LogP contribution is -2.18. The second-order valence-corrected chi connectivity index (χ2v) is 3.60. The first-order valence-corrected chi connectivity index (χ1v) is 4.87. The van der Waals surface area contributed by atoms with Crippen LogP contribution < -0.4 is 11.3 Å². The number of nitrogens with two attached hydrogens (primary N) is 1. The van der Waals surface area contributed by atoms with E-state index < -0.39 is 17.8 Å². The summed E-state index contributed by atoms with van der Waals surface area (Å²) in [5.41, 5.74) is 4.97. The highest BCUT2D eigenvalue weighted by atomic mass is 35.5. The van der Waals surface area contributed by atoms with Gasteiger partial charge in [-0.2, -0.15) is 4.98 Å². The third-order valence-corrected chi connectivity index (χ3v) is 2.21. The highest BCUT2D eigenvalue weighted by Gasteiger charge is 2.17. The van der Waals surface area contributed by atoms with E-state index in [-0.39, 0.29) is 35.2 Å². The van der Waals surface area contributed by atoms with E-state index in [1.807, 2.05) is 0 Å². The molecular formula is C9H12ClN5O3. The number of aliphatic hydroxyl groups excluding tert-OH is 2. The number of anilines is 1. The van der Waals surface area contributed by atoms with Gasteiger partial charge < -0.3 is 15.9 Å². The van der Waals surface area contributed by atoms with Gasteiger partial charge in [0.2, 0.25) is 5.95 Å². The zero-order valence-electron chi connectivity index (χ0n) is 9.36. The third kappa shape index (κ3) is 2.55. The van der Waals surface area contributed by atoms with Gasteiger partial charge in [-0.15, -0.1) is 12.4 Å². The number of nitrogens with zero attached hydrogens (tertiary/aromatic N) is 3. The molecule has 0 unspecified atom stereocenters. The molecule has 0 aliphatic rings. The van der Waals surface area contributed by atoms with E-state index >= 15 is 0 Å². The van der Waals surface area contributed by atoms with Crippen LogP contribution in [0.5, 0.6) is 0 Å². The van der Waals surface area contributed by atoms with Crippen molar-refractivity contribution < 1.29 is 10.2 Å². The lowest BCUT2D eigenvalue weighted by atomic mass is 10.2. The third-order valence-electron chi connectivity index (χ3n) is 2.21. The van der Waals surface area contributed by atoms with Gasteiger partial charge in [-0.05, 0) is 6.92 Å². The maximum absolute atomic E-state index is 11.5. The Morgan fingerprint density at radius 1 is 1.39 bits per heavy atom. The molecule has 0 aliphatic carbocycles. The average Bonchev–Trinajstić information content (AvgIpc) is 2.27. The monoisotopic (exact) mass is 273 g/mol. The van der Waals surface area contributed by atoms with Crippen LogP contribution in [0.2, 0.25) is 0 Å². The van der Waals surface area contributed by atoms with Gasteiger partial charge in [-0.1, -0.05) is 0 Å². The molecule has 0 bridgehead atoms. The van der Waals surface area contributed by atoms with Crippen molar-refractivity contribution in [1.29, 1.82) is 0 Å². The number of fused-ring (bicyclic) bond motifs is 1. The van der Waals surface area contributed by atoms with Crippen molar-refractivity contribution in [1.82, 2.24) is 19.9 Å². The summed E-state index contributed by atoms with van der Waals surface area (Å²) in [6, 6.07) is 0. The van der Waals surface area contributed by atoms with Gasteiger partial charge in [0.1, 0.15) is 6.10 Å². The lowest BCUT2D eigenvalue weighted by Gasteiger charge is -2.12. The quantitative estimate of drug-likeness (QED) is 0.558. The van der Waals surface area contributed by atoms with Crippen LogP contribution in [0.1, 0.15) is 18.7 Å². The Hall–Kier alpha value is -1.77. The fourth-order valence-corrected chi connectivity index (χ4v) is 1.34. The van der Waals surface area contributed by atoms with Gasteiger partial charge in [0.05, 0.1) is 18.0 Å². The van der Waals surface area contributed by atoms with Crippen LogP contribution in [0, 0.1) is 0 Å². The fraction of sp³-hybridized carbons (Fsp3) is 0.333. The van der Waals surface area contributed by atoms with E-state index in [4.69, 9.17) is 5.73 Å². The van der Waals surface area contributed by atoms with Gasteiger partial charge in [0.25, 0.3) is 5.56 Å². The summed E-state index contributed by atoms with van der Waals surface area (Å²) >= 11 is 0. The van der Waals surface area contributed by atoms with Gasteiger partial charge >= 0.3 is 0 Å². The summed E-state index contributed by atoms with van der Waals surface area (Å²) in [7, 11) is 0. The van der Waals surface area contributed by atoms with Crippen LogP contribution in [-0.4, -0.2) is 36.3 Å². The molecule has 8 nitrogen and oxygen atoms in total. The van der Waals surface area contributed by atoms with E-state index in [2.05, 4.69) is 19.9 Å². The normalized spacial score (nSPS) is 13.9. The second kappa shape index (κ2) is 5.25. The van der Waals surface area contributed by atoms with E-state index in [9.17, 15) is 15.0 Å². The molecule has 98 valence electrons. The first-order valence-electron chi connectivity index (χ1n) is 4.87. The number of H-pyrrole nitrogens is 1. The highest BCUT2D eigenvalue weighted by molar-refractivity contribution is 5.85. The van der Waals surface area contributed by atoms with Crippen molar-refractivity contribution in [3.63, 3.8) is 0 Å². The molecule has 2 heterocycles. The number of hydrogen-bond acceptors (Lipinski definition) is 7. The predicted octanol–water partition coefficient (Wildman–Crippen LogP) is -0.869. The Kier molecular flexibility index (Phi) is 4.17. The zero-order valence-corrected chi connectivity index (χ0v) is 10.2. The van der Waals surface area contributed by atoms with Crippen LogP contribution in [0.25, 0.3) is 11.2 Å². The van der Waals surface area contributed by atoms with E-state index in [1.165, 1.54) is 13.1 Å². The zero-order chi connectivity index (χ0) is 12.6. The number of nitrogens with one attached hydrogen (secondary N) is 1. The number of halogens is 1. The fourth-order valence-electron chi connectivity index (χ4n) is 1.34. The van der Waals surface area contributed by atoms with Crippen molar-refractivity contribution in [3.05, 3.63) is 22.2 Å². The predicted molar refractivity (Wildman–Crippen MR) is 66.3 cm³/mol. The minimum atomic E-state index is -1.20. The van der Waals surface area contributed by atoms with Gasteiger partial charge in [-0.25, -0.2) is 9.97 Å². The van der Waals surface area contributed by atoms with Crippen LogP contribution in [0.15, 0.2) is 11.0 Å². The number of nitrogen functional groups attached to an aromatic ring is 1. The highest BCUT2D eigenvalue weighted by Crippen LogP contribution is 2.14. The molecule has 18 heavy (non-hydrogen) atoms. The van der Waals surface area contributed by atoms with Gasteiger partial charge in [-0.3, -0.25) is 9.78 Å². The molecule has 2 aromatic heterocycles. The van der Waals surface area contributed by atoms with Gasteiger partial charge in [0.15, 0.2) is 11.2 Å². The minimum Gasteiger partial charge on any atom is -0.390 e. The minimum absolute atomic E-state index is 0. The molecule has 9 heteroatoms. The largest absolute Gasteiger partial charge is 0.390 e. The van der Waals surface area contributed by atoms with Crippen molar-refractivity contribution >= 4 is 29.5 Å². The molecule has 0 fully saturated rings. The van der Waals surface area contributed by atoms with Crippen molar-refractivity contribution in [2.75, 3.05) is 5.73 Å². The lowest BCUT2D eigenvalue weighted by molar-refractivity contribution is 0.0278. The van der Waals surface area contributed by atoms with Crippen LogP contribution in [0.3, 0.4) is 0 Å². The first-order chi connectivity index (χ1) is 7.99. The first kappa shape index (κ1) is 14.3. The SMILES string of the molecule is C[C@H](O)[C@H](O)c1cnc2nc(N)[nH]c(=O)c2n1.Cl. The summed E-state index contributed by atoms with van der Waals surface area (Å²) in [6.45, 7) is 1.40. The van der Waals surface area contributed by atoms with Crippen molar-refractivity contribution in [2.24, 2.45) is 0 Å². The average molecular weight is 274 g/mol. The molecular weight excluding hydrogens is 262 g/mol. The van der Waals surface area contributed by atoms with Crippen molar-refractivity contribution in [3.8, 4) is 0 Å². The van der Waals surface area contributed by atoms with Crippen molar-refractivity contribution in [2.45, 2.75) is 19.1 Å². The van der Waals surface area contributed by atoms with E-state index in [0.29, 0.717) is 0 Å². The molecule has 0 aromatic carbocycles. The smallest absolute Gasteiger partial charge is 0.280 e. The number of aliphatic hydroxyl groups is 2. The van der Waals surface area contributed by atoms with Crippen LogP contribution in [-0.2, 0) is 0 Å². The van der Waals surface area contributed by atoms with E-state index in [1.54, 1.807) is 0 Å². The maximum atomic E-state index is 11.5. The van der Waals surface area contributed by atoms with Crippen LogP contribution in [0.4, 0.5) is 5.95 Å². The summed E-state index contributed by atoms with van der Waals surface area (Å²) in [6.07, 6.45) is -0.975. The molecule has 2 rings (SSSR count). The maximum Gasteiger partial charge on any atom is 0.280 e. The molecule has 0 aliphatic heterocycles. The Balaban J connectivity index is 0.00000162. The molecule has 2 atom stereocenters. The van der Waals surface area contributed by atoms with Crippen LogP contribution >= 0.6 is 12.4 Å². The molecule has 0 saturated carbocycles. The number of aromatic amines is 1. The topological polar surface area (TPSA) is 138 Å². The second-order valence-electron chi connectivity index (χ2n) is 3.60. The summed E-state index contributed by atoms with van der Waals surface area (Å²) in [5.74, 6) is -0.0550. The standard InChI is InChI=1S/C9H11N5O3.ClH/c1-3(15)6(16)4-2-11-7-5(12-4)8(17)14-9(10)13-7;/h2-3,6,15-16H,1H3,(H3,10,11,13,14,17);1H/t3-,6-;/m0./s1. The Morgan fingerprint density at radius 3 is 2.67 bits per heavy atom. The molecule has 0 amide bonds. The molecule has 0 radical (unpaired) electrons. The molecule has 0 saturated heterocycles.